The van der Waals surface area contributed by atoms with E-state index in [0.29, 0.717) is 10.6 Å². The molecule has 0 saturated carbocycles. The molecule has 1 aromatic carbocycles. The molecule has 0 aliphatic heterocycles. The van der Waals surface area contributed by atoms with Gasteiger partial charge in [0.15, 0.2) is 5.82 Å². The maximum atomic E-state index is 5.26. The van der Waals surface area contributed by atoms with Gasteiger partial charge in [-0.2, -0.15) is 14.9 Å². The Bertz CT molecular complexity index is 862. The molecule has 116 valence electrons. The van der Waals surface area contributed by atoms with Gasteiger partial charge in [-0.3, -0.25) is 4.98 Å². The first-order valence-electron chi connectivity index (χ1n) is 7.06. The van der Waals surface area contributed by atoms with Crippen LogP contribution in [0.25, 0.3) is 11.4 Å². The second-order valence-corrected chi connectivity index (χ2v) is 5.49. The lowest BCUT2D eigenvalue weighted by atomic mass is 10.2. The molecule has 7 heteroatoms. The van der Waals surface area contributed by atoms with Crippen molar-refractivity contribution in [2.75, 3.05) is 19.0 Å². The second kappa shape index (κ2) is 6.53. The molecular formula is C16H16N6S. The number of nitrogens with zero attached hydrogens (tertiary/aromatic N) is 5. The molecule has 0 fully saturated rings. The first-order chi connectivity index (χ1) is 11.1. The number of nitrogens with one attached hydrogen (secondary N) is 1. The monoisotopic (exact) mass is 324 g/mol. The Hall–Kier alpha value is -2.80. The number of aromatic nitrogens is 4. The Morgan fingerprint density at radius 2 is 1.96 bits per heavy atom. The lowest BCUT2D eigenvalue weighted by molar-refractivity contribution is 0.870. The molecule has 0 unspecified atom stereocenters. The van der Waals surface area contributed by atoms with Crippen molar-refractivity contribution in [1.29, 1.82) is 0 Å². The van der Waals surface area contributed by atoms with Gasteiger partial charge >= 0.3 is 0 Å². The van der Waals surface area contributed by atoms with Gasteiger partial charge in [0, 0.05) is 31.5 Å². The summed E-state index contributed by atoms with van der Waals surface area (Å²) in [6.07, 6.45) is 3.37. The van der Waals surface area contributed by atoms with Crippen LogP contribution < -0.4 is 4.90 Å². The maximum Gasteiger partial charge on any atom is 0.216 e. The Morgan fingerprint density at radius 3 is 2.61 bits per heavy atom. The average Bonchev–Trinajstić information content (AvgIpc) is 2.95. The molecule has 6 nitrogen and oxygen atoms in total. The molecule has 23 heavy (non-hydrogen) atoms. The Morgan fingerprint density at radius 1 is 1.17 bits per heavy atom. The van der Waals surface area contributed by atoms with Crippen molar-refractivity contribution in [2.24, 2.45) is 5.10 Å². The summed E-state index contributed by atoms with van der Waals surface area (Å²) in [5.74, 6) is 0.660. The van der Waals surface area contributed by atoms with Gasteiger partial charge in [-0.05, 0) is 48.6 Å². The SMILES string of the molecule is CN(C)c1ccc(-c2n[nH]c(=S)n2N=Cc2ccccn2)cc1. The fourth-order valence-electron chi connectivity index (χ4n) is 2.06. The summed E-state index contributed by atoms with van der Waals surface area (Å²) in [5, 5.41) is 11.4. The van der Waals surface area contributed by atoms with Gasteiger partial charge in [-0.25, -0.2) is 5.10 Å². The third kappa shape index (κ3) is 3.35. The highest BCUT2D eigenvalue weighted by Crippen LogP contribution is 2.21. The fourth-order valence-corrected chi connectivity index (χ4v) is 2.24. The average molecular weight is 324 g/mol. The van der Waals surface area contributed by atoms with Crippen molar-refractivity contribution >= 4 is 24.1 Å². The van der Waals surface area contributed by atoms with Crippen molar-refractivity contribution in [3.8, 4) is 11.4 Å². The topological polar surface area (TPSA) is 62.1 Å². The van der Waals surface area contributed by atoms with E-state index >= 15 is 0 Å². The van der Waals surface area contributed by atoms with Crippen molar-refractivity contribution in [3.05, 3.63) is 59.1 Å². The minimum Gasteiger partial charge on any atom is -0.378 e. The van der Waals surface area contributed by atoms with Crippen molar-refractivity contribution < 1.29 is 0 Å². The first-order valence-corrected chi connectivity index (χ1v) is 7.46. The number of hydrogen-bond donors (Lipinski definition) is 1. The molecule has 3 aromatic rings. The van der Waals surface area contributed by atoms with Crippen molar-refractivity contribution in [3.63, 3.8) is 0 Å². The zero-order chi connectivity index (χ0) is 16.2. The molecule has 2 heterocycles. The van der Waals surface area contributed by atoms with Crippen LogP contribution in [-0.2, 0) is 0 Å². The number of aromatic amines is 1. The van der Waals surface area contributed by atoms with Gasteiger partial charge < -0.3 is 4.90 Å². The quantitative estimate of drug-likeness (QED) is 0.592. The van der Waals surface area contributed by atoms with E-state index in [4.69, 9.17) is 12.2 Å². The van der Waals surface area contributed by atoms with E-state index in [1.165, 1.54) is 0 Å². The Balaban J connectivity index is 1.95. The van der Waals surface area contributed by atoms with Crippen LogP contribution in [-0.4, -0.2) is 40.2 Å². The molecule has 0 spiro atoms. The summed E-state index contributed by atoms with van der Waals surface area (Å²) in [4.78, 5) is 6.25. The van der Waals surface area contributed by atoms with E-state index in [9.17, 15) is 0 Å². The predicted octanol–water partition coefficient (Wildman–Crippen LogP) is 2.95. The molecule has 0 amide bonds. The van der Waals surface area contributed by atoms with E-state index in [1.54, 1.807) is 17.1 Å². The largest absolute Gasteiger partial charge is 0.378 e. The Labute approximate surface area is 139 Å². The summed E-state index contributed by atoms with van der Waals surface area (Å²) in [5.41, 5.74) is 2.80. The summed E-state index contributed by atoms with van der Waals surface area (Å²) in [6.45, 7) is 0. The zero-order valence-electron chi connectivity index (χ0n) is 12.8. The summed E-state index contributed by atoms with van der Waals surface area (Å²) >= 11 is 5.26. The third-order valence-corrected chi connectivity index (χ3v) is 3.55. The number of H-pyrrole nitrogens is 1. The lowest BCUT2D eigenvalue weighted by Gasteiger charge is -2.12. The molecule has 0 aliphatic carbocycles. The number of rotatable bonds is 4. The maximum absolute atomic E-state index is 5.26. The lowest BCUT2D eigenvalue weighted by Crippen LogP contribution is -2.08. The minimum absolute atomic E-state index is 0.434. The van der Waals surface area contributed by atoms with Crippen LogP contribution in [0, 0.1) is 4.77 Å². The first kappa shape index (κ1) is 15.1. The van der Waals surface area contributed by atoms with E-state index in [0.717, 1.165) is 16.9 Å². The van der Waals surface area contributed by atoms with Crippen LogP contribution in [0.3, 0.4) is 0 Å². The standard InChI is InChI=1S/C16H16N6S/c1-21(2)14-8-6-12(7-9-14)15-19-20-16(23)22(15)18-11-13-5-3-4-10-17-13/h3-11H,1-2H3,(H,20,23). The molecule has 0 bridgehead atoms. The van der Waals surface area contributed by atoms with E-state index in [-0.39, 0.29) is 0 Å². The van der Waals surface area contributed by atoms with Crippen LogP contribution in [0.5, 0.6) is 0 Å². The molecule has 1 N–H and O–H groups in total. The number of hydrogen-bond acceptors (Lipinski definition) is 5. The highest BCUT2D eigenvalue weighted by molar-refractivity contribution is 7.71. The minimum atomic E-state index is 0.434. The number of benzene rings is 1. The molecule has 2 aromatic heterocycles. The summed E-state index contributed by atoms with van der Waals surface area (Å²) in [7, 11) is 4.00. The molecule has 0 saturated heterocycles. The van der Waals surface area contributed by atoms with Gasteiger partial charge in [0.1, 0.15) is 0 Å². The van der Waals surface area contributed by atoms with Crippen LogP contribution in [0.1, 0.15) is 5.69 Å². The Kier molecular flexibility index (Phi) is 4.29. The summed E-state index contributed by atoms with van der Waals surface area (Å²) < 4.78 is 2.03. The van der Waals surface area contributed by atoms with Crippen molar-refractivity contribution in [2.45, 2.75) is 0 Å². The molecule has 3 rings (SSSR count). The second-order valence-electron chi connectivity index (χ2n) is 5.10. The fraction of sp³-hybridized carbons (Fsp3) is 0.125. The van der Waals surface area contributed by atoms with Gasteiger partial charge in [-0.15, -0.1) is 0 Å². The van der Waals surface area contributed by atoms with Gasteiger partial charge in [0.2, 0.25) is 4.77 Å². The highest BCUT2D eigenvalue weighted by atomic mass is 32.1. The van der Waals surface area contributed by atoms with E-state index in [1.807, 2.05) is 61.5 Å². The predicted molar refractivity (Wildman–Crippen MR) is 94.4 cm³/mol. The zero-order valence-corrected chi connectivity index (χ0v) is 13.7. The molecule has 0 radical (unpaired) electrons. The molecule has 0 aliphatic rings. The van der Waals surface area contributed by atoms with Crippen LogP contribution >= 0.6 is 12.2 Å². The van der Waals surface area contributed by atoms with E-state index in [2.05, 4.69) is 20.3 Å². The summed E-state index contributed by atoms with van der Waals surface area (Å²) in [6, 6.07) is 13.7. The smallest absolute Gasteiger partial charge is 0.216 e. The van der Waals surface area contributed by atoms with Crippen LogP contribution in [0.4, 0.5) is 5.69 Å². The van der Waals surface area contributed by atoms with Gasteiger partial charge in [0.25, 0.3) is 0 Å². The number of anilines is 1. The van der Waals surface area contributed by atoms with Crippen LogP contribution in [0.15, 0.2) is 53.8 Å². The van der Waals surface area contributed by atoms with Gasteiger partial charge in [0.05, 0.1) is 11.9 Å². The normalized spacial score (nSPS) is 11.0. The molecular weight excluding hydrogens is 308 g/mol. The van der Waals surface area contributed by atoms with E-state index < -0.39 is 0 Å². The highest BCUT2D eigenvalue weighted by Gasteiger charge is 2.08. The van der Waals surface area contributed by atoms with Gasteiger partial charge in [-0.1, -0.05) is 6.07 Å². The molecule has 0 atom stereocenters. The third-order valence-electron chi connectivity index (χ3n) is 3.29. The number of pyridine rings is 1. The van der Waals surface area contributed by atoms with Crippen LogP contribution in [0.2, 0.25) is 0 Å². The van der Waals surface area contributed by atoms with Crippen molar-refractivity contribution in [1.82, 2.24) is 19.9 Å².